The van der Waals surface area contributed by atoms with E-state index in [0.29, 0.717) is 21.9 Å². The summed E-state index contributed by atoms with van der Waals surface area (Å²) in [4.78, 5) is 25.8. The highest BCUT2D eigenvalue weighted by atomic mass is 35.5. The van der Waals surface area contributed by atoms with Crippen molar-refractivity contribution in [2.24, 2.45) is 0 Å². The van der Waals surface area contributed by atoms with Crippen molar-refractivity contribution in [3.63, 3.8) is 0 Å². The predicted octanol–water partition coefficient (Wildman–Crippen LogP) is 5.34. The zero-order valence-electron chi connectivity index (χ0n) is 15.3. The van der Waals surface area contributed by atoms with E-state index in [0.717, 1.165) is 0 Å². The Morgan fingerprint density at radius 3 is 2.38 bits per heavy atom. The summed E-state index contributed by atoms with van der Waals surface area (Å²) in [5.74, 6) is -0.0935. The molecule has 0 aliphatic carbocycles. The Labute approximate surface area is 171 Å². The first-order valence-corrected chi connectivity index (χ1v) is 9.12. The van der Waals surface area contributed by atoms with Crippen molar-refractivity contribution in [2.45, 2.75) is 0 Å². The van der Waals surface area contributed by atoms with Gasteiger partial charge in [-0.15, -0.1) is 0 Å². The van der Waals surface area contributed by atoms with Crippen molar-refractivity contribution >= 4 is 28.5 Å². The van der Waals surface area contributed by atoms with E-state index in [2.05, 4.69) is 0 Å². The molecule has 5 nitrogen and oxygen atoms in total. The molecule has 29 heavy (non-hydrogen) atoms. The van der Waals surface area contributed by atoms with Crippen LogP contribution in [0.15, 0.2) is 82.0 Å². The first-order chi connectivity index (χ1) is 14.1. The Kier molecular flexibility index (Phi) is 5.06. The Hall–Kier alpha value is -3.57. The number of rotatable bonds is 4. The summed E-state index contributed by atoms with van der Waals surface area (Å²) < 4.78 is 16.5. The van der Waals surface area contributed by atoms with E-state index >= 15 is 0 Å². The molecule has 0 spiro atoms. The zero-order chi connectivity index (χ0) is 20.4. The van der Waals surface area contributed by atoms with Crippen LogP contribution >= 0.6 is 11.6 Å². The van der Waals surface area contributed by atoms with Crippen LogP contribution in [0.3, 0.4) is 0 Å². The molecule has 0 amide bonds. The van der Waals surface area contributed by atoms with Gasteiger partial charge >= 0.3 is 5.97 Å². The van der Waals surface area contributed by atoms with Gasteiger partial charge in [-0.05, 0) is 42.5 Å². The van der Waals surface area contributed by atoms with Gasteiger partial charge in [0, 0.05) is 10.6 Å². The van der Waals surface area contributed by atoms with Gasteiger partial charge in [0.2, 0.25) is 11.2 Å². The van der Waals surface area contributed by atoms with Gasteiger partial charge in [0.1, 0.15) is 11.3 Å². The maximum Gasteiger partial charge on any atom is 0.343 e. The summed E-state index contributed by atoms with van der Waals surface area (Å²) in [6, 6.07) is 20.1. The standard InChI is InChI=1S/C23H15ClO5/c1-27-17-10-7-15(8-11-17)23(26)29-22-20(25)18-13-16(24)9-12-19(18)28-21(22)14-5-3-2-4-6-14/h2-13H,1H3. The highest BCUT2D eigenvalue weighted by Crippen LogP contribution is 2.32. The normalized spacial score (nSPS) is 10.7. The minimum absolute atomic E-state index is 0.173. The van der Waals surface area contributed by atoms with Gasteiger partial charge in [0.15, 0.2) is 5.76 Å². The molecule has 0 unspecified atom stereocenters. The number of hydrogen-bond acceptors (Lipinski definition) is 5. The van der Waals surface area contributed by atoms with E-state index in [1.165, 1.54) is 13.2 Å². The Balaban J connectivity index is 1.85. The Morgan fingerprint density at radius 1 is 0.966 bits per heavy atom. The van der Waals surface area contributed by atoms with Crippen molar-refractivity contribution in [3.05, 3.63) is 93.6 Å². The second kappa shape index (κ2) is 7.81. The molecule has 0 aliphatic rings. The van der Waals surface area contributed by atoms with Crippen LogP contribution in [0.4, 0.5) is 0 Å². The molecular weight excluding hydrogens is 392 g/mol. The Morgan fingerprint density at radius 2 is 1.69 bits per heavy atom. The fourth-order valence-electron chi connectivity index (χ4n) is 2.90. The van der Waals surface area contributed by atoms with Crippen LogP contribution < -0.4 is 14.9 Å². The number of carbonyl (C=O) groups excluding carboxylic acids is 1. The molecule has 0 radical (unpaired) electrons. The summed E-state index contributed by atoms with van der Waals surface area (Å²) in [6.07, 6.45) is 0. The van der Waals surface area contributed by atoms with E-state index in [4.69, 9.17) is 25.5 Å². The van der Waals surface area contributed by atoms with Crippen LogP contribution in [0, 0.1) is 0 Å². The third-order valence-electron chi connectivity index (χ3n) is 4.37. The summed E-state index contributed by atoms with van der Waals surface area (Å²) in [7, 11) is 1.53. The van der Waals surface area contributed by atoms with Crippen LogP contribution in [-0.2, 0) is 0 Å². The smallest absolute Gasteiger partial charge is 0.343 e. The Bertz CT molecular complexity index is 1240. The van der Waals surface area contributed by atoms with E-state index < -0.39 is 11.4 Å². The van der Waals surface area contributed by atoms with Crippen LogP contribution in [0.25, 0.3) is 22.3 Å². The van der Waals surface area contributed by atoms with Crippen molar-refractivity contribution in [3.8, 4) is 22.8 Å². The number of carbonyl (C=O) groups is 1. The number of fused-ring (bicyclic) bond motifs is 1. The van der Waals surface area contributed by atoms with Gasteiger partial charge in [0.05, 0.1) is 18.1 Å². The molecule has 0 saturated heterocycles. The summed E-state index contributed by atoms with van der Waals surface area (Å²) in [6.45, 7) is 0. The number of ether oxygens (including phenoxy) is 2. The van der Waals surface area contributed by atoms with Crippen LogP contribution in [0.5, 0.6) is 11.5 Å². The predicted molar refractivity (Wildman–Crippen MR) is 111 cm³/mol. The number of benzene rings is 3. The molecule has 4 rings (SSSR count). The SMILES string of the molecule is COc1ccc(C(=O)Oc2c(-c3ccccc3)oc3ccc(Cl)cc3c2=O)cc1. The number of hydrogen-bond donors (Lipinski definition) is 0. The zero-order valence-corrected chi connectivity index (χ0v) is 16.1. The van der Waals surface area contributed by atoms with Crippen molar-refractivity contribution < 1.29 is 18.7 Å². The van der Waals surface area contributed by atoms with Crippen LogP contribution in [-0.4, -0.2) is 13.1 Å². The van der Waals surface area contributed by atoms with Crippen molar-refractivity contribution in [2.75, 3.05) is 7.11 Å². The fraction of sp³-hybridized carbons (Fsp3) is 0.0435. The monoisotopic (exact) mass is 406 g/mol. The number of methoxy groups -OCH3 is 1. The second-order valence-corrected chi connectivity index (χ2v) is 6.65. The fourth-order valence-corrected chi connectivity index (χ4v) is 3.07. The lowest BCUT2D eigenvalue weighted by molar-refractivity contribution is 0.0731. The molecule has 0 N–H and O–H groups in total. The molecule has 3 aromatic carbocycles. The van der Waals surface area contributed by atoms with E-state index in [1.54, 1.807) is 60.7 Å². The van der Waals surface area contributed by atoms with Crippen molar-refractivity contribution in [1.29, 1.82) is 0 Å². The molecular formula is C23H15ClO5. The average Bonchev–Trinajstić information content (AvgIpc) is 2.76. The minimum Gasteiger partial charge on any atom is -0.497 e. The quantitative estimate of drug-likeness (QED) is 0.428. The van der Waals surface area contributed by atoms with Gasteiger partial charge in [-0.1, -0.05) is 41.9 Å². The minimum atomic E-state index is -0.682. The van der Waals surface area contributed by atoms with E-state index in [9.17, 15) is 9.59 Å². The molecule has 1 aromatic heterocycles. The van der Waals surface area contributed by atoms with Gasteiger partial charge in [-0.2, -0.15) is 0 Å². The van der Waals surface area contributed by atoms with E-state index in [-0.39, 0.29) is 22.5 Å². The van der Waals surface area contributed by atoms with E-state index in [1.807, 2.05) is 6.07 Å². The highest BCUT2D eigenvalue weighted by Gasteiger charge is 2.21. The molecule has 1 heterocycles. The lowest BCUT2D eigenvalue weighted by Gasteiger charge is -2.11. The lowest BCUT2D eigenvalue weighted by atomic mass is 10.1. The summed E-state index contributed by atoms with van der Waals surface area (Å²) in [5.41, 5.74) is 0.756. The maximum atomic E-state index is 13.1. The maximum absolute atomic E-state index is 13.1. The number of esters is 1. The molecule has 0 bridgehead atoms. The topological polar surface area (TPSA) is 65.7 Å². The lowest BCUT2D eigenvalue weighted by Crippen LogP contribution is -2.16. The highest BCUT2D eigenvalue weighted by molar-refractivity contribution is 6.31. The average molecular weight is 407 g/mol. The number of halogens is 1. The van der Waals surface area contributed by atoms with Crippen LogP contribution in [0.2, 0.25) is 5.02 Å². The molecule has 0 atom stereocenters. The van der Waals surface area contributed by atoms with Gasteiger partial charge in [-0.3, -0.25) is 4.79 Å². The second-order valence-electron chi connectivity index (χ2n) is 6.21. The molecule has 0 fully saturated rings. The van der Waals surface area contributed by atoms with Crippen LogP contribution in [0.1, 0.15) is 10.4 Å². The first-order valence-electron chi connectivity index (χ1n) is 8.75. The largest absolute Gasteiger partial charge is 0.497 e. The molecule has 144 valence electrons. The molecule has 6 heteroatoms. The molecule has 0 aliphatic heterocycles. The first kappa shape index (κ1) is 18.8. The summed E-state index contributed by atoms with van der Waals surface area (Å²) >= 11 is 6.03. The summed E-state index contributed by atoms with van der Waals surface area (Å²) in [5, 5.41) is 0.611. The van der Waals surface area contributed by atoms with Crippen molar-refractivity contribution in [1.82, 2.24) is 0 Å². The third-order valence-corrected chi connectivity index (χ3v) is 4.60. The molecule has 0 saturated carbocycles. The third kappa shape index (κ3) is 3.73. The van der Waals surface area contributed by atoms with Gasteiger partial charge in [-0.25, -0.2) is 4.79 Å². The molecule has 4 aromatic rings. The van der Waals surface area contributed by atoms with Gasteiger partial charge in [0.25, 0.3) is 0 Å². The van der Waals surface area contributed by atoms with Gasteiger partial charge < -0.3 is 13.9 Å².